The minimum atomic E-state index is 0.0299. The molecule has 1 aliphatic rings. The molecular formula is C24H33N3O3. The Labute approximate surface area is 179 Å². The lowest BCUT2D eigenvalue weighted by Crippen LogP contribution is -2.44. The Kier molecular flexibility index (Phi) is 8.11. The summed E-state index contributed by atoms with van der Waals surface area (Å²) < 4.78 is 11.0. The van der Waals surface area contributed by atoms with Crippen molar-refractivity contribution in [2.75, 3.05) is 58.5 Å². The molecule has 6 nitrogen and oxygen atoms in total. The molecule has 1 saturated heterocycles. The molecule has 30 heavy (non-hydrogen) atoms. The fraction of sp³-hybridized carbons (Fsp3) is 0.458. The van der Waals surface area contributed by atoms with Crippen LogP contribution >= 0.6 is 0 Å². The van der Waals surface area contributed by atoms with E-state index in [1.165, 1.54) is 11.3 Å². The highest BCUT2D eigenvalue weighted by Gasteiger charge is 2.23. The number of amides is 1. The average Bonchev–Trinajstić information content (AvgIpc) is 2.76. The topological polar surface area (TPSA) is 54.0 Å². The highest BCUT2D eigenvalue weighted by atomic mass is 16.5. The highest BCUT2D eigenvalue weighted by molar-refractivity contribution is 5.78. The largest absolute Gasteiger partial charge is 0.494 e. The first-order valence-corrected chi connectivity index (χ1v) is 10.6. The van der Waals surface area contributed by atoms with Gasteiger partial charge in [-0.3, -0.25) is 9.69 Å². The van der Waals surface area contributed by atoms with Crippen molar-refractivity contribution in [1.82, 2.24) is 10.2 Å². The van der Waals surface area contributed by atoms with Gasteiger partial charge in [0.15, 0.2) is 0 Å². The molecule has 0 aliphatic carbocycles. The van der Waals surface area contributed by atoms with E-state index in [9.17, 15) is 4.79 Å². The second-order valence-corrected chi connectivity index (χ2v) is 7.71. The van der Waals surface area contributed by atoms with Crippen molar-refractivity contribution >= 4 is 11.6 Å². The van der Waals surface area contributed by atoms with Crippen molar-refractivity contribution in [3.63, 3.8) is 0 Å². The van der Waals surface area contributed by atoms with Gasteiger partial charge in [-0.05, 0) is 42.3 Å². The van der Waals surface area contributed by atoms with Gasteiger partial charge in [0.2, 0.25) is 5.91 Å². The molecule has 0 bridgehead atoms. The monoisotopic (exact) mass is 411 g/mol. The van der Waals surface area contributed by atoms with Gasteiger partial charge in [0.1, 0.15) is 5.75 Å². The van der Waals surface area contributed by atoms with Crippen molar-refractivity contribution in [1.29, 1.82) is 0 Å². The lowest BCUT2D eigenvalue weighted by atomic mass is 10.0. The second kappa shape index (κ2) is 11.0. The van der Waals surface area contributed by atoms with Crippen molar-refractivity contribution in [3.05, 3.63) is 59.7 Å². The van der Waals surface area contributed by atoms with Gasteiger partial charge in [0.25, 0.3) is 0 Å². The zero-order valence-electron chi connectivity index (χ0n) is 18.3. The standard InChI is InChI=1S/C24H33N3O3/c1-4-30-22-11-5-19(6-12-22)17-24(28)25-18-23(27-13-15-29-16-14-27)20-7-9-21(10-8-20)26(2)3/h5-12,23H,4,13-18H2,1-3H3,(H,25,28)/t23-/m0/s1. The predicted octanol–water partition coefficient (Wildman–Crippen LogP) is 2.88. The molecule has 0 spiro atoms. The fourth-order valence-corrected chi connectivity index (χ4v) is 3.67. The van der Waals surface area contributed by atoms with Crippen LogP contribution in [0.2, 0.25) is 0 Å². The lowest BCUT2D eigenvalue weighted by Gasteiger charge is -2.35. The fourth-order valence-electron chi connectivity index (χ4n) is 3.67. The molecule has 0 unspecified atom stereocenters. The summed E-state index contributed by atoms with van der Waals surface area (Å²) in [5.74, 6) is 0.859. The van der Waals surface area contributed by atoms with Gasteiger partial charge >= 0.3 is 0 Å². The molecule has 1 fully saturated rings. The molecule has 0 saturated carbocycles. The molecule has 0 aromatic heterocycles. The SMILES string of the molecule is CCOc1ccc(CC(=O)NC[C@@H](c2ccc(N(C)C)cc2)N2CCOCC2)cc1. The van der Waals surface area contributed by atoms with Gasteiger partial charge in [-0.1, -0.05) is 24.3 Å². The van der Waals surface area contributed by atoms with Crippen molar-refractivity contribution in [3.8, 4) is 5.75 Å². The van der Waals surface area contributed by atoms with Crippen LogP contribution in [0.5, 0.6) is 5.75 Å². The second-order valence-electron chi connectivity index (χ2n) is 7.71. The Balaban J connectivity index is 1.63. The van der Waals surface area contributed by atoms with Gasteiger partial charge in [0.05, 0.1) is 32.3 Å². The zero-order chi connectivity index (χ0) is 21.3. The number of hydrogen-bond donors (Lipinski definition) is 1. The summed E-state index contributed by atoms with van der Waals surface area (Å²) in [7, 11) is 4.07. The quantitative estimate of drug-likeness (QED) is 0.688. The highest BCUT2D eigenvalue weighted by Crippen LogP contribution is 2.24. The average molecular weight is 412 g/mol. The first-order chi connectivity index (χ1) is 14.6. The third-order valence-corrected chi connectivity index (χ3v) is 5.37. The summed E-state index contributed by atoms with van der Waals surface area (Å²) in [6.07, 6.45) is 0.363. The normalized spacial score (nSPS) is 15.4. The molecule has 1 atom stereocenters. The van der Waals surface area contributed by atoms with Crippen LogP contribution in [0.15, 0.2) is 48.5 Å². The molecule has 1 N–H and O–H groups in total. The summed E-state index contributed by atoms with van der Waals surface area (Å²) in [6, 6.07) is 16.4. The number of rotatable bonds is 9. The summed E-state index contributed by atoms with van der Waals surface area (Å²) in [4.78, 5) is 17.1. The van der Waals surface area contributed by atoms with Gasteiger partial charge in [-0.2, -0.15) is 0 Å². The number of nitrogens with zero attached hydrogens (tertiary/aromatic N) is 2. The summed E-state index contributed by atoms with van der Waals surface area (Å²) >= 11 is 0. The van der Waals surface area contributed by atoms with Gasteiger partial charge in [-0.15, -0.1) is 0 Å². The molecule has 6 heteroatoms. The molecule has 1 heterocycles. The van der Waals surface area contributed by atoms with E-state index < -0.39 is 0 Å². The van der Waals surface area contributed by atoms with E-state index in [4.69, 9.17) is 9.47 Å². The number of carbonyl (C=O) groups is 1. The lowest BCUT2D eigenvalue weighted by molar-refractivity contribution is -0.120. The van der Waals surface area contributed by atoms with Gasteiger partial charge in [-0.25, -0.2) is 0 Å². The van der Waals surface area contributed by atoms with Crippen molar-refractivity contribution < 1.29 is 14.3 Å². The third kappa shape index (κ3) is 6.21. The summed E-state index contributed by atoms with van der Waals surface area (Å²) in [5.41, 5.74) is 3.36. The predicted molar refractivity (Wildman–Crippen MR) is 120 cm³/mol. The summed E-state index contributed by atoms with van der Waals surface area (Å²) in [6.45, 7) is 6.37. The first-order valence-electron chi connectivity index (χ1n) is 10.6. The molecular weight excluding hydrogens is 378 g/mol. The van der Waals surface area contributed by atoms with Crippen LogP contribution in [0.1, 0.15) is 24.1 Å². The third-order valence-electron chi connectivity index (χ3n) is 5.37. The van der Waals surface area contributed by atoms with Crippen LogP contribution in [0.3, 0.4) is 0 Å². The molecule has 0 radical (unpaired) electrons. The number of hydrogen-bond acceptors (Lipinski definition) is 5. The molecule has 162 valence electrons. The maximum absolute atomic E-state index is 12.6. The minimum Gasteiger partial charge on any atom is -0.494 e. The molecule has 1 amide bonds. The molecule has 1 aliphatic heterocycles. The van der Waals surface area contributed by atoms with E-state index in [1.807, 2.05) is 45.3 Å². The van der Waals surface area contributed by atoms with Crippen LogP contribution in [-0.4, -0.2) is 64.4 Å². The first kappa shape index (κ1) is 22.1. The Morgan fingerprint density at radius 3 is 2.37 bits per heavy atom. The van der Waals surface area contributed by atoms with E-state index >= 15 is 0 Å². The van der Waals surface area contributed by atoms with Crippen LogP contribution in [-0.2, 0) is 16.0 Å². The van der Waals surface area contributed by atoms with Crippen molar-refractivity contribution in [2.24, 2.45) is 0 Å². The Morgan fingerprint density at radius 2 is 1.77 bits per heavy atom. The van der Waals surface area contributed by atoms with Crippen LogP contribution in [0.25, 0.3) is 0 Å². The number of benzene rings is 2. The van der Waals surface area contributed by atoms with E-state index in [1.54, 1.807) is 0 Å². The number of anilines is 1. The number of carbonyl (C=O) groups excluding carboxylic acids is 1. The van der Waals surface area contributed by atoms with Crippen molar-refractivity contribution in [2.45, 2.75) is 19.4 Å². The van der Waals surface area contributed by atoms with Crippen LogP contribution in [0.4, 0.5) is 5.69 Å². The summed E-state index contributed by atoms with van der Waals surface area (Å²) in [5, 5.41) is 3.14. The van der Waals surface area contributed by atoms with Crippen LogP contribution < -0.4 is 15.0 Å². The Morgan fingerprint density at radius 1 is 1.10 bits per heavy atom. The Bertz CT molecular complexity index is 784. The number of morpholine rings is 1. The van der Waals surface area contributed by atoms with Crippen LogP contribution in [0, 0.1) is 0 Å². The van der Waals surface area contributed by atoms with E-state index in [0.29, 0.717) is 19.6 Å². The smallest absolute Gasteiger partial charge is 0.224 e. The Hall–Kier alpha value is -2.57. The maximum atomic E-state index is 12.6. The number of ether oxygens (including phenoxy) is 2. The molecule has 2 aromatic carbocycles. The number of nitrogens with one attached hydrogen (secondary N) is 1. The molecule has 2 aromatic rings. The van der Waals surface area contributed by atoms with Gasteiger partial charge < -0.3 is 19.7 Å². The maximum Gasteiger partial charge on any atom is 0.224 e. The minimum absolute atomic E-state index is 0.0299. The van der Waals surface area contributed by atoms with E-state index in [2.05, 4.69) is 39.4 Å². The van der Waals surface area contributed by atoms with E-state index in [-0.39, 0.29) is 11.9 Å². The molecule has 3 rings (SSSR count). The van der Waals surface area contributed by atoms with Gasteiger partial charge in [0, 0.05) is 39.4 Å². The zero-order valence-corrected chi connectivity index (χ0v) is 18.3. The van der Waals surface area contributed by atoms with E-state index in [0.717, 1.165) is 37.6 Å².